The fraction of sp³-hybridized carbons (Fsp3) is 0.0370. The molecule has 5 aromatic rings. The van der Waals surface area contributed by atoms with Crippen molar-refractivity contribution in [2.24, 2.45) is 0 Å². The largest absolute Gasteiger partial charge is 0.364 e. The van der Waals surface area contributed by atoms with Crippen molar-refractivity contribution in [3.8, 4) is 28.3 Å². The van der Waals surface area contributed by atoms with Gasteiger partial charge in [0.25, 0.3) is 0 Å². The maximum absolute atomic E-state index is 9.35. The van der Waals surface area contributed by atoms with Crippen molar-refractivity contribution in [2.75, 3.05) is 5.32 Å². The number of hydrogen-bond donors (Lipinski definition) is 1. The fourth-order valence-corrected chi connectivity index (χ4v) is 4.21. The van der Waals surface area contributed by atoms with Gasteiger partial charge >= 0.3 is 0 Å². The molecule has 33 heavy (non-hydrogen) atoms. The van der Waals surface area contributed by atoms with E-state index in [1.807, 2.05) is 48.5 Å². The number of pyridine rings is 3. The van der Waals surface area contributed by atoms with E-state index < -0.39 is 0 Å². The second kappa shape index (κ2) is 9.07. The summed E-state index contributed by atoms with van der Waals surface area (Å²) in [6.45, 7) is 0.507. The molecule has 0 saturated heterocycles. The Morgan fingerprint density at radius 3 is 2.55 bits per heavy atom. The van der Waals surface area contributed by atoms with Crippen LogP contribution >= 0.6 is 11.6 Å². The zero-order chi connectivity index (χ0) is 22.6. The van der Waals surface area contributed by atoms with Crippen LogP contribution in [0.25, 0.3) is 33.0 Å². The van der Waals surface area contributed by atoms with Gasteiger partial charge in [0.2, 0.25) is 0 Å². The van der Waals surface area contributed by atoms with Crippen molar-refractivity contribution in [3.63, 3.8) is 0 Å². The molecule has 0 fully saturated rings. The van der Waals surface area contributed by atoms with E-state index in [9.17, 15) is 5.26 Å². The molecular formula is C27H18ClN5. The maximum atomic E-state index is 9.35. The Balaban J connectivity index is 1.75. The Labute approximate surface area is 196 Å². The van der Waals surface area contributed by atoms with Crippen LogP contribution in [-0.2, 0) is 6.54 Å². The van der Waals surface area contributed by atoms with Gasteiger partial charge in [0.05, 0.1) is 17.8 Å². The van der Waals surface area contributed by atoms with Gasteiger partial charge in [0.1, 0.15) is 17.0 Å². The predicted octanol–water partition coefficient (Wildman–Crippen LogP) is 6.50. The molecule has 0 radical (unpaired) electrons. The number of anilines is 1. The summed E-state index contributed by atoms with van der Waals surface area (Å²) in [7, 11) is 0. The molecule has 5 nitrogen and oxygen atoms in total. The smallest absolute Gasteiger partial charge is 0.140 e. The third kappa shape index (κ3) is 4.12. The highest BCUT2D eigenvalue weighted by molar-refractivity contribution is 6.34. The minimum absolute atomic E-state index is 0.341. The lowest BCUT2D eigenvalue weighted by Gasteiger charge is -2.17. The molecule has 5 rings (SSSR count). The average Bonchev–Trinajstić information content (AvgIpc) is 2.88. The topological polar surface area (TPSA) is 74.5 Å². The van der Waals surface area contributed by atoms with Gasteiger partial charge in [-0.1, -0.05) is 66.2 Å². The van der Waals surface area contributed by atoms with E-state index in [0.717, 1.165) is 38.7 Å². The summed E-state index contributed by atoms with van der Waals surface area (Å²) in [5.41, 5.74) is 4.97. The molecule has 3 heterocycles. The predicted molar refractivity (Wildman–Crippen MR) is 132 cm³/mol. The number of nitrogens with one attached hydrogen (secondary N) is 1. The number of halogens is 1. The third-order valence-electron chi connectivity index (χ3n) is 5.39. The molecule has 3 aromatic heterocycles. The van der Waals surface area contributed by atoms with Crippen LogP contribution in [0.2, 0.25) is 5.15 Å². The first-order valence-electron chi connectivity index (χ1n) is 10.4. The van der Waals surface area contributed by atoms with Crippen LogP contribution in [0.5, 0.6) is 0 Å². The molecule has 0 atom stereocenters. The molecule has 2 aromatic carbocycles. The minimum atomic E-state index is 0.341. The van der Waals surface area contributed by atoms with Gasteiger partial charge in [0, 0.05) is 35.1 Å². The first-order chi connectivity index (χ1) is 16.2. The van der Waals surface area contributed by atoms with Crippen LogP contribution in [0.1, 0.15) is 11.3 Å². The summed E-state index contributed by atoms with van der Waals surface area (Å²) in [5, 5.41) is 15.0. The van der Waals surface area contributed by atoms with E-state index >= 15 is 0 Å². The van der Waals surface area contributed by atoms with Crippen LogP contribution in [-0.4, -0.2) is 15.0 Å². The summed E-state index contributed by atoms with van der Waals surface area (Å²) in [6.07, 6.45) is 5.01. The van der Waals surface area contributed by atoms with Gasteiger partial charge in [-0.05, 0) is 34.7 Å². The highest BCUT2D eigenvalue weighted by Gasteiger charge is 2.18. The lowest BCUT2D eigenvalue weighted by Crippen LogP contribution is -2.05. The molecule has 0 unspecified atom stereocenters. The van der Waals surface area contributed by atoms with E-state index in [1.165, 1.54) is 6.20 Å². The van der Waals surface area contributed by atoms with Crippen LogP contribution in [0.4, 0.5) is 5.82 Å². The molecule has 0 aliphatic carbocycles. The second-order valence-electron chi connectivity index (χ2n) is 7.47. The highest BCUT2D eigenvalue weighted by Crippen LogP contribution is 2.41. The number of benzene rings is 2. The molecule has 0 bridgehead atoms. The Morgan fingerprint density at radius 1 is 0.909 bits per heavy atom. The van der Waals surface area contributed by atoms with Gasteiger partial charge < -0.3 is 5.32 Å². The molecule has 0 saturated carbocycles. The van der Waals surface area contributed by atoms with Gasteiger partial charge in [-0.3, -0.25) is 9.97 Å². The van der Waals surface area contributed by atoms with Crippen LogP contribution in [0, 0.1) is 11.3 Å². The SMILES string of the molecule is N#Cc1cncc(-c2c(Cl)nc(NCc3ccccn3)c3c(-c4ccccc4)cccc23)c1. The summed E-state index contributed by atoms with van der Waals surface area (Å²) < 4.78 is 0. The number of aromatic nitrogens is 3. The molecule has 0 aliphatic rings. The lowest BCUT2D eigenvalue weighted by atomic mass is 9.94. The standard InChI is InChI=1S/C27H18ClN5/c28-26-24(20-13-18(14-29)15-30-16-20)23-11-6-10-22(19-7-2-1-3-8-19)25(23)27(33-26)32-17-21-9-4-5-12-31-21/h1-13,15-16H,17H2,(H,32,33). The van der Waals surface area contributed by atoms with Crippen molar-refractivity contribution in [2.45, 2.75) is 6.54 Å². The number of rotatable bonds is 5. The van der Waals surface area contributed by atoms with Gasteiger partial charge in [-0.15, -0.1) is 0 Å². The Hall–Kier alpha value is -4.27. The first kappa shape index (κ1) is 20.6. The van der Waals surface area contributed by atoms with Gasteiger partial charge in [-0.2, -0.15) is 5.26 Å². The molecule has 158 valence electrons. The number of nitrogens with zero attached hydrogens (tertiary/aromatic N) is 4. The molecule has 0 spiro atoms. The van der Waals surface area contributed by atoms with Crippen molar-refractivity contribution in [3.05, 3.63) is 108 Å². The Morgan fingerprint density at radius 2 is 1.76 bits per heavy atom. The van der Waals surface area contributed by atoms with E-state index in [2.05, 4.69) is 39.6 Å². The van der Waals surface area contributed by atoms with Crippen LogP contribution in [0.15, 0.2) is 91.4 Å². The van der Waals surface area contributed by atoms with E-state index in [4.69, 9.17) is 16.6 Å². The Bertz CT molecular complexity index is 1480. The van der Waals surface area contributed by atoms with Gasteiger partial charge in [-0.25, -0.2) is 4.98 Å². The third-order valence-corrected chi connectivity index (χ3v) is 5.66. The summed E-state index contributed by atoms with van der Waals surface area (Å²) in [6, 6.07) is 26.0. The van der Waals surface area contributed by atoms with Crippen molar-refractivity contribution >= 4 is 28.2 Å². The van der Waals surface area contributed by atoms with Crippen molar-refractivity contribution in [1.82, 2.24) is 15.0 Å². The monoisotopic (exact) mass is 447 g/mol. The average molecular weight is 448 g/mol. The summed E-state index contributed by atoms with van der Waals surface area (Å²) >= 11 is 6.74. The normalized spacial score (nSPS) is 10.7. The lowest BCUT2D eigenvalue weighted by molar-refractivity contribution is 1.03. The second-order valence-corrected chi connectivity index (χ2v) is 7.83. The highest BCUT2D eigenvalue weighted by atomic mass is 35.5. The van der Waals surface area contributed by atoms with E-state index in [0.29, 0.717) is 23.1 Å². The number of nitriles is 1. The molecular weight excluding hydrogens is 430 g/mol. The van der Waals surface area contributed by atoms with E-state index in [1.54, 1.807) is 18.5 Å². The molecule has 0 aliphatic heterocycles. The van der Waals surface area contributed by atoms with Crippen molar-refractivity contribution in [1.29, 1.82) is 5.26 Å². The molecule has 0 amide bonds. The Kier molecular flexibility index (Phi) is 5.67. The first-order valence-corrected chi connectivity index (χ1v) is 10.8. The maximum Gasteiger partial charge on any atom is 0.140 e. The molecule has 1 N–H and O–H groups in total. The quantitative estimate of drug-likeness (QED) is 0.311. The fourth-order valence-electron chi connectivity index (χ4n) is 3.91. The van der Waals surface area contributed by atoms with Crippen LogP contribution in [0.3, 0.4) is 0 Å². The number of hydrogen-bond acceptors (Lipinski definition) is 5. The summed E-state index contributed by atoms with van der Waals surface area (Å²) in [5.74, 6) is 0.674. The number of fused-ring (bicyclic) bond motifs is 1. The summed E-state index contributed by atoms with van der Waals surface area (Å²) in [4.78, 5) is 13.4. The zero-order valence-corrected chi connectivity index (χ0v) is 18.3. The molecule has 6 heteroatoms. The van der Waals surface area contributed by atoms with Crippen LogP contribution < -0.4 is 5.32 Å². The van der Waals surface area contributed by atoms with E-state index in [-0.39, 0.29) is 0 Å². The van der Waals surface area contributed by atoms with Crippen molar-refractivity contribution < 1.29 is 0 Å². The minimum Gasteiger partial charge on any atom is -0.364 e. The van der Waals surface area contributed by atoms with Gasteiger partial charge in [0.15, 0.2) is 0 Å². The zero-order valence-electron chi connectivity index (χ0n) is 17.5.